The summed E-state index contributed by atoms with van der Waals surface area (Å²) in [5.41, 5.74) is 3.22. The van der Waals surface area contributed by atoms with Crippen molar-refractivity contribution in [2.24, 2.45) is 11.8 Å². The fraction of sp³-hybridized carbons (Fsp3) is 0.533. The number of anilines is 2. The van der Waals surface area contributed by atoms with Crippen LogP contribution in [-0.4, -0.2) is 33.1 Å². The molecule has 1 amide bonds. The van der Waals surface area contributed by atoms with Crippen molar-refractivity contribution >= 4 is 17.3 Å². The summed E-state index contributed by atoms with van der Waals surface area (Å²) in [6.45, 7) is 5.97. The van der Waals surface area contributed by atoms with Crippen LogP contribution in [0, 0.1) is 18.8 Å². The molecule has 0 bridgehead atoms. The number of nitrogens with zero attached hydrogens (tertiary/aromatic N) is 1. The molecule has 0 saturated carbocycles. The zero-order chi connectivity index (χ0) is 14.0. The van der Waals surface area contributed by atoms with Crippen molar-refractivity contribution in [1.29, 1.82) is 0 Å². The van der Waals surface area contributed by atoms with Crippen molar-refractivity contribution in [1.82, 2.24) is 5.32 Å². The van der Waals surface area contributed by atoms with Gasteiger partial charge in [0, 0.05) is 31.4 Å². The van der Waals surface area contributed by atoms with Crippen LogP contribution in [-0.2, 0) is 4.79 Å². The second-order valence-electron chi connectivity index (χ2n) is 5.59. The minimum Gasteiger partial charge on any atom is -0.377 e. The van der Waals surface area contributed by atoms with Gasteiger partial charge in [-0.15, -0.1) is 0 Å². The Morgan fingerprint density at radius 1 is 1.42 bits per heavy atom. The molecule has 0 aromatic heterocycles. The van der Waals surface area contributed by atoms with Crippen molar-refractivity contribution in [3.63, 3.8) is 0 Å². The van der Waals surface area contributed by atoms with Gasteiger partial charge in [0.25, 0.3) is 0 Å². The molecule has 0 radical (unpaired) electrons. The Morgan fingerprint density at radius 2 is 2.11 bits per heavy atom. The fourth-order valence-electron chi connectivity index (χ4n) is 2.30. The zero-order valence-corrected chi connectivity index (χ0v) is 12.2. The van der Waals surface area contributed by atoms with E-state index in [1.54, 1.807) is 0 Å². The molecule has 1 aliphatic rings. The molecule has 1 unspecified atom stereocenters. The van der Waals surface area contributed by atoms with Crippen molar-refractivity contribution in [2.75, 3.05) is 37.4 Å². The Bertz CT molecular complexity index is 466. The number of aryl methyl sites for hydroxylation is 1. The number of benzene rings is 1. The van der Waals surface area contributed by atoms with Gasteiger partial charge in [0.05, 0.1) is 0 Å². The first kappa shape index (κ1) is 13.9. The molecule has 1 aromatic rings. The van der Waals surface area contributed by atoms with E-state index in [1.807, 2.05) is 39.2 Å². The summed E-state index contributed by atoms with van der Waals surface area (Å²) >= 11 is 0. The van der Waals surface area contributed by atoms with Gasteiger partial charge in [-0.2, -0.15) is 0 Å². The number of hydrogen-bond acceptors (Lipinski definition) is 3. The molecule has 1 saturated heterocycles. The average Bonchev–Trinajstić information content (AvgIpc) is 2.28. The molecule has 1 fully saturated rings. The lowest BCUT2D eigenvalue weighted by Crippen LogP contribution is -2.48. The van der Waals surface area contributed by atoms with Crippen LogP contribution in [0.1, 0.15) is 12.5 Å². The van der Waals surface area contributed by atoms with E-state index in [1.165, 1.54) is 5.56 Å². The zero-order valence-electron chi connectivity index (χ0n) is 12.2. The highest BCUT2D eigenvalue weighted by Gasteiger charge is 2.28. The Kier molecular flexibility index (Phi) is 4.10. The fourth-order valence-corrected chi connectivity index (χ4v) is 2.30. The standard InChI is InChI=1S/C15H23N3O/c1-10-5-6-13(7-14(10)18(3)4)17-15(19)11(2)12-8-16-9-12/h5-7,11-12,16H,8-9H2,1-4H3,(H,17,19). The van der Waals surface area contributed by atoms with Gasteiger partial charge in [-0.05, 0) is 43.6 Å². The first-order valence-corrected chi connectivity index (χ1v) is 6.78. The number of nitrogens with one attached hydrogen (secondary N) is 2. The first-order chi connectivity index (χ1) is 8.99. The highest BCUT2D eigenvalue weighted by Crippen LogP contribution is 2.24. The maximum Gasteiger partial charge on any atom is 0.227 e. The quantitative estimate of drug-likeness (QED) is 0.869. The van der Waals surface area contributed by atoms with Crippen molar-refractivity contribution < 1.29 is 4.79 Å². The molecule has 1 aliphatic heterocycles. The van der Waals surface area contributed by atoms with E-state index < -0.39 is 0 Å². The molecule has 1 aromatic carbocycles. The number of rotatable bonds is 4. The molecule has 2 rings (SSSR count). The van der Waals surface area contributed by atoms with Crippen LogP contribution in [0.15, 0.2) is 18.2 Å². The van der Waals surface area contributed by atoms with Gasteiger partial charge in [-0.1, -0.05) is 13.0 Å². The molecule has 1 heterocycles. The summed E-state index contributed by atoms with van der Waals surface area (Å²) in [4.78, 5) is 14.2. The molecular formula is C15H23N3O. The summed E-state index contributed by atoms with van der Waals surface area (Å²) in [6, 6.07) is 6.03. The maximum atomic E-state index is 12.2. The van der Waals surface area contributed by atoms with Crippen LogP contribution in [0.25, 0.3) is 0 Å². The van der Waals surface area contributed by atoms with Crippen LogP contribution in [0.5, 0.6) is 0 Å². The largest absolute Gasteiger partial charge is 0.377 e. The van der Waals surface area contributed by atoms with Gasteiger partial charge in [0.1, 0.15) is 0 Å². The Labute approximate surface area is 115 Å². The van der Waals surface area contributed by atoms with Crippen LogP contribution in [0.4, 0.5) is 11.4 Å². The molecule has 19 heavy (non-hydrogen) atoms. The third-order valence-corrected chi connectivity index (χ3v) is 3.89. The van der Waals surface area contributed by atoms with Crippen LogP contribution < -0.4 is 15.5 Å². The molecule has 2 N–H and O–H groups in total. The third-order valence-electron chi connectivity index (χ3n) is 3.89. The number of carbonyl (C=O) groups excluding carboxylic acids is 1. The van der Waals surface area contributed by atoms with Gasteiger partial charge >= 0.3 is 0 Å². The van der Waals surface area contributed by atoms with Gasteiger partial charge in [0.15, 0.2) is 0 Å². The summed E-state index contributed by atoms with van der Waals surface area (Å²) in [7, 11) is 4.02. The highest BCUT2D eigenvalue weighted by molar-refractivity contribution is 5.93. The molecule has 4 heteroatoms. The number of carbonyl (C=O) groups is 1. The van der Waals surface area contributed by atoms with Crippen molar-refractivity contribution in [3.8, 4) is 0 Å². The molecule has 0 spiro atoms. The second-order valence-corrected chi connectivity index (χ2v) is 5.59. The number of hydrogen-bond donors (Lipinski definition) is 2. The van der Waals surface area contributed by atoms with E-state index in [4.69, 9.17) is 0 Å². The van der Waals surface area contributed by atoms with Crippen LogP contribution >= 0.6 is 0 Å². The lowest BCUT2D eigenvalue weighted by atomic mass is 9.88. The topological polar surface area (TPSA) is 44.4 Å². The molecule has 4 nitrogen and oxygen atoms in total. The Hall–Kier alpha value is -1.55. The lowest BCUT2D eigenvalue weighted by Gasteiger charge is -2.31. The van der Waals surface area contributed by atoms with E-state index in [-0.39, 0.29) is 11.8 Å². The van der Waals surface area contributed by atoms with E-state index in [2.05, 4.69) is 22.5 Å². The predicted molar refractivity (Wildman–Crippen MR) is 79.7 cm³/mol. The number of amides is 1. The van der Waals surface area contributed by atoms with E-state index >= 15 is 0 Å². The minimum atomic E-state index is 0.0605. The van der Waals surface area contributed by atoms with Crippen molar-refractivity contribution in [3.05, 3.63) is 23.8 Å². The van der Waals surface area contributed by atoms with Gasteiger partial charge in [0.2, 0.25) is 5.91 Å². The summed E-state index contributed by atoms with van der Waals surface area (Å²) in [5, 5.41) is 6.23. The summed E-state index contributed by atoms with van der Waals surface area (Å²) < 4.78 is 0. The Balaban J connectivity index is 2.06. The van der Waals surface area contributed by atoms with Crippen LogP contribution in [0.3, 0.4) is 0 Å². The molecule has 0 aliphatic carbocycles. The third kappa shape index (κ3) is 3.07. The molecule has 1 atom stereocenters. The average molecular weight is 261 g/mol. The van der Waals surface area contributed by atoms with E-state index in [0.29, 0.717) is 5.92 Å². The van der Waals surface area contributed by atoms with E-state index in [0.717, 1.165) is 24.5 Å². The highest BCUT2D eigenvalue weighted by atomic mass is 16.1. The van der Waals surface area contributed by atoms with Gasteiger partial charge < -0.3 is 15.5 Å². The summed E-state index contributed by atoms with van der Waals surface area (Å²) in [6.07, 6.45) is 0. The first-order valence-electron chi connectivity index (χ1n) is 6.78. The van der Waals surface area contributed by atoms with Gasteiger partial charge in [-0.25, -0.2) is 0 Å². The Morgan fingerprint density at radius 3 is 2.63 bits per heavy atom. The van der Waals surface area contributed by atoms with E-state index in [9.17, 15) is 4.79 Å². The smallest absolute Gasteiger partial charge is 0.227 e. The summed E-state index contributed by atoms with van der Waals surface area (Å²) in [5.74, 6) is 0.643. The SMILES string of the molecule is Cc1ccc(NC(=O)C(C)C2CNC2)cc1N(C)C. The normalized spacial score (nSPS) is 16.6. The van der Waals surface area contributed by atoms with Gasteiger partial charge in [-0.3, -0.25) is 4.79 Å². The lowest BCUT2D eigenvalue weighted by molar-refractivity contribution is -0.121. The monoisotopic (exact) mass is 261 g/mol. The molecule has 104 valence electrons. The molecular weight excluding hydrogens is 238 g/mol. The van der Waals surface area contributed by atoms with Crippen LogP contribution in [0.2, 0.25) is 0 Å². The maximum absolute atomic E-state index is 12.2. The predicted octanol–water partition coefficient (Wildman–Crippen LogP) is 1.86. The van der Waals surface area contributed by atoms with Crippen molar-refractivity contribution in [2.45, 2.75) is 13.8 Å². The second kappa shape index (κ2) is 5.61. The minimum absolute atomic E-state index is 0.0605.